The number of benzene rings is 17. The van der Waals surface area contributed by atoms with E-state index in [1.807, 2.05) is 121 Å². The average molecular weight is 1380 g/mol. The topological polar surface area (TPSA) is 20.8 Å². The summed E-state index contributed by atoms with van der Waals surface area (Å²) < 4.78 is 145. The number of rotatable bonds is 10. The Morgan fingerprint density at radius 2 is 0.593 bits per heavy atom. The van der Waals surface area contributed by atoms with Crippen molar-refractivity contribution in [3.63, 3.8) is 0 Å². The van der Waals surface area contributed by atoms with Gasteiger partial charge in [-0.15, -0.1) is 0 Å². The molecule has 0 N–H and O–H groups in total. The fourth-order valence-corrected chi connectivity index (χ4v) is 17.7. The Kier molecular flexibility index (Phi) is 10.5. The van der Waals surface area contributed by atoms with Gasteiger partial charge in [0, 0.05) is 88.1 Å². The summed E-state index contributed by atoms with van der Waals surface area (Å²) in [7, 11) is 0. The van der Waals surface area contributed by atoms with E-state index in [-0.39, 0.29) is 91.0 Å². The highest BCUT2D eigenvalue weighted by atomic mass is 15.2. The Morgan fingerprint density at radius 3 is 0.981 bits per heavy atom. The molecule has 4 aromatic heterocycles. The molecule has 2 aliphatic rings. The molecule has 108 heavy (non-hydrogen) atoms. The van der Waals surface area contributed by atoms with Crippen LogP contribution in [-0.4, -0.2) is 20.2 Å². The highest BCUT2D eigenvalue weighted by Crippen LogP contribution is 2.59. The summed E-state index contributed by atoms with van der Waals surface area (Å²) in [5.74, 6) is 0. The number of fused-ring (bicyclic) bond motifs is 18. The zero-order valence-electron chi connectivity index (χ0n) is 71.7. The Morgan fingerprint density at radius 1 is 0.250 bits per heavy atom. The molecule has 0 saturated heterocycles. The maximum Gasteiger partial charge on any atom is 0.252 e. The minimum Gasteiger partial charge on any atom is -0.309 e. The summed E-state index contributed by atoms with van der Waals surface area (Å²) in [6.07, 6.45) is 0. The summed E-state index contributed by atoms with van der Waals surface area (Å²) in [4.78, 5) is 4.86. The number of hydrogen-bond donors (Lipinski definition) is 0. The molecule has 23 rings (SSSR count). The molecule has 0 unspecified atom stereocenters. The summed E-state index contributed by atoms with van der Waals surface area (Å²) in [5, 5.41) is 3.78. The van der Waals surface area contributed by atoms with Crippen molar-refractivity contribution in [1.29, 1.82) is 0 Å². The largest absolute Gasteiger partial charge is 0.309 e. The van der Waals surface area contributed by atoms with Crippen LogP contribution in [0.2, 0.25) is 0 Å². The van der Waals surface area contributed by atoms with Crippen molar-refractivity contribution < 1.29 is 19.2 Å². The van der Waals surface area contributed by atoms with Crippen molar-refractivity contribution in [3.05, 3.63) is 388 Å². The molecule has 5 nitrogen and oxygen atoms in total. The van der Waals surface area contributed by atoms with Gasteiger partial charge in [-0.3, -0.25) is 0 Å². The van der Waals surface area contributed by atoms with Gasteiger partial charge in [0.25, 0.3) is 6.71 Å². The SMILES string of the molecule is [2H]c1c([2H])c([2H])c2c(c1[2H])c1c([2H])c([2H])c(-c3ccccc3)c([2H])c1n2-c1ccc2c(c1)N(c1c(-c3ccccc3)cccc1-c1ccccc1)c1c3c(c4c5ccccc5n5c6ccccc6c1c45)N(c1c(-c4ccccc4)cccc1-c1ccccc1)c1cc(-n4c5c([2H])c([2H])c([2H])c([2H])c5c5c([2H])c([2H])c(-c6ccccc6)c([2H])c54)ccc1B23. The fourth-order valence-electron chi connectivity index (χ4n) is 17.7. The number of nitrogens with zero attached hydrogens (tertiary/aromatic N) is 5. The number of hydrogen-bond acceptors (Lipinski definition) is 2. The molecule has 0 atom stereocenters. The van der Waals surface area contributed by atoms with Crippen LogP contribution < -0.4 is 26.2 Å². The molecule has 0 fully saturated rings. The van der Waals surface area contributed by atoms with E-state index < -0.39 is 55.1 Å². The van der Waals surface area contributed by atoms with Crippen LogP contribution >= 0.6 is 0 Å². The third-order valence-corrected chi connectivity index (χ3v) is 22.2. The lowest BCUT2D eigenvalue weighted by Crippen LogP contribution is -2.61. The van der Waals surface area contributed by atoms with E-state index in [0.717, 1.165) is 122 Å². The van der Waals surface area contributed by atoms with Gasteiger partial charge >= 0.3 is 0 Å². The van der Waals surface area contributed by atoms with Gasteiger partial charge in [0.15, 0.2) is 0 Å². The molecule has 0 saturated carbocycles. The molecule has 17 aromatic carbocycles. The normalized spacial score (nSPS) is 14.4. The van der Waals surface area contributed by atoms with Gasteiger partial charge in [0.1, 0.15) is 0 Å². The zero-order chi connectivity index (χ0) is 82.8. The molecule has 0 amide bonds. The molecule has 500 valence electrons. The van der Waals surface area contributed by atoms with E-state index in [9.17, 15) is 19.2 Å². The van der Waals surface area contributed by atoms with Crippen molar-refractivity contribution in [2.24, 2.45) is 0 Å². The lowest BCUT2D eigenvalue weighted by molar-refractivity contribution is 1.17. The Labute approximate surface area is 644 Å². The lowest BCUT2D eigenvalue weighted by Gasteiger charge is -2.46. The molecule has 0 bridgehead atoms. The first-order valence-corrected chi connectivity index (χ1v) is 36.3. The van der Waals surface area contributed by atoms with Crippen LogP contribution in [0.3, 0.4) is 0 Å². The van der Waals surface area contributed by atoms with Crippen LogP contribution in [0.25, 0.3) is 160 Å². The smallest absolute Gasteiger partial charge is 0.252 e. The van der Waals surface area contributed by atoms with Gasteiger partial charge in [-0.25, -0.2) is 0 Å². The predicted octanol–water partition coefficient (Wildman–Crippen LogP) is 25.1. The molecule has 6 heteroatoms. The zero-order valence-corrected chi connectivity index (χ0v) is 57.7. The molecule has 0 spiro atoms. The first kappa shape index (κ1) is 47.9. The first-order chi connectivity index (χ1) is 59.5. The Bertz CT molecular complexity index is 7540. The van der Waals surface area contributed by atoms with E-state index in [1.54, 1.807) is 33.4 Å². The monoisotopic (exact) mass is 1380 g/mol. The number of anilines is 6. The second kappa shape index (κ2) is 23.7. The van der Waals surface area contributed by atoms with Gasteiger partial charge in [0.2, 0.25) is 0 Å². The number of aromatic nitrogens is 3. The summed E-state index contributed by atoms with van der Waals surface area (Å²) >= 11 is 0. The van der Waals surface area contributed by atoms with E-state index in [2.05, 4.69) is 172 Å². The molecule has 2 aliphatic heterocycles. The van der Waals surface area contributed by atoms with Crippen LogP contribution in [0.1, 0.15) is 19.2 Å². The van der Waals surface area contributed by atoms with Crippen LogP contribution in [-0.2, 0) is 0 Å². The Hall–Kier alpha value is -14.2. The fraction of sp³-hybridized carbons (Fsp3) is 0. The highest BCUT2D eigenvalue weighted by Gasteiger charge is 2.48. The average Bonchev–Trinajstić information content (AvgIpc) is 1.47. The van der Waals surface area contributed by atoms with Crippen LogP contribution in [0.5, 0.6) is 0 Å². The molecular formula is C102H64BN5. The molecule has 6 heterocycles. The Balaban J connectivity index is 0.960. The van der Waals surface area contributed by atoms with Crippen molar-refractivity contribution in [2.45, 2.75) is 0 Å². The third-order valence-electron chi connectivity index (χ3n) is 22.2. The molecule has 0 radical (unpaired) electrons. The molecule has 0 aliphatic carbocycles. The van der Waals surface area contributed by atoms with Gasteiger partial charge < -0.3 is 23.3 Å². The second-order valence-electron chi connectivity index (χ2n) is 27.8. The maximum atomic E-state index is 10.6. The first-order valence-electron chi connectivity index (χ1n) is 43.3. The van der Waals surface area contributed by atoms with Gasteiger partial charge in [-0.2, -0.15) is 0 Å². The van der Waals surface area contributed by atoms with Crippen molar-refractivity contribution in [1.82, 2.24) is 13.5 Å². The van der Waals surface area contributed by atoms with Crippen molar-refractivity contribution in [2.75, 3.05) is 9.80 Å². The quantitative estimate of drug-likeness (QED) is 0.127. The van der Waals surface area contributed by atoms with Crippen LogP contribution in [0.4, 0.5) is 34.1 Å². The van der Waals surface area contributed by atoms with Gasteiger partial charge in [0.05, 0.1) is 80.6 Å². The van der Waals surface area contributed by atoms with Crippen LogP contribution in [0.15, 0.2) is 388 Å². The van der Waals surface area contributed by atoms with Crippen molar-refractivity contribution >= 4 is 139 Å². The molecule has 21 aromatic rings. The predicted molar refractivity (Wildman–Crippen MR) is 456 cm³/mol. The summed E-state index contributed by atoms with van der Waals surface area (Å²) in [5.41, 5.74) is 19.1. The van der Waals surface area contributed by atoms with Crippen molar-refractivity contribution in [3.8, 4) is 78.1 Å². The van der Waals surface area contributed by atoms with Gasteiger partial charge in [-0.1, -0.05) is 327 Å². The second-order valence-corrected chi connectivity index (χ2v) is 27.8. The van der Waals surface area contributed by atoms with E-state index >= 15 is 0 Å². The van der Waals surface area contributed by atoms with E-state index in [4.69, 9.17) is 0 Å². The summed E-state index contributed by atoms with van der Waals surface area (Å²) in [6.45, 7) is -0.792. The van der Waals surface area contributed by atoms with E-state index in [0.29, 0.717) is 33.9 Å². The molecular weight excluding hydrogens is 1310 g/mol. The number of para-hydroxylation sites is 6. The third kappa shape index (κ3) is 8.77. The van der Waals surface area contributed by atoms with Crippen LogP contribution in [0, 0.1) is 0 Å². The minimum absolute atomic E-state index is 0.00235. The van der Waals surface area contributed by atoms with Gasteiger partial charge in [-0.05, 0) is 121 Å². The highest BCUT2D eigenvalue weighted by molar-refractivity contribution is 7.01. The lowest BCUT2D eigenvalue weighted by atomic mass is 9.33. The van der Waals surface area contributed by atoms with E-state index in [1.165, 1.54) is 0 Å². The standard InChI is InChI=1S/C102H64BN5/c1-7-29-65(30-8-1)71-53-57-81-79-41-19-23-49-87(79)104(91(81)61-71)73-55-59-85-93(63-73)107(98-75(67-33-11-3-12-34-67)45-27-46-76(98)68-35-13-4-14-36-68)101-95-83-43-21-25-51-89(83)106-90-52-26-22-44-84(90)96(100(95)106)102-97(101)103(85)86-60-56-74(105-88-50-24-20-42-80(88)82-58-54-72(62-92(82)105)66-31-9-2-10-32-66)64-94(86)108(102)99-77(69-37-15-5-16-38-69)47-28-48-78(99)70-39-17-6-18-40-70/h1-64H/i19D,20D,23D,24D,41D,42D,49D,50D,53D,54D,57D,58D,61D,62D. The summed E-state index contributed by atoms with van der Waals surface area (Å²) in [6, 6.07) is 96.5. The maximum absolute atomic E-state index is 10.6. The minimum atomic E-state index is -0.792.